The van der Waals surface area contributed by atoms with Crippen molar-refractivity contribution in [2.45, 2.75) is 38.3 Å². The second kappa shape index (κ2) is 6.41. The molecule has 126 valence electrons. The molecular formula is C20H22BrNO2. The number of anilines is 1. The van der Waals surface area contributed by atoms with E-state index in [-0.39, 0.29) is 17.9 Å². The number of benzene rings is 2. The summed E-state index contributed by atoms with van der Waals surface area (Å²) in [5.74, 6) is 0.689. The molecule has 2 heterocycles. The molecule has 4 rings (SSSR count). The summed E-state index contributed by atoms with van der Waals surface area (Å²) in [4.78, 5) is 0. The van der Waals surface area contributed by atoms with Gasteiger partial charge in [-0.2, -0.15) is 0 Å². The van der Waals surface area contributed by atoms with Crippen molar-refractivity contribution in [1.29, 1.82) is 0 Å². The molecule has 0 aromatic heterocycles. The van der Waals surface area contributed by atoms with Gasteiger partial charge in [0, 0.05) is 23.8 Å². The minimum Gasteiger partial charge on any atom is -0.507 e. The van der Waals surface area contributed by atoms with E-state index >= 15 is 0 Å². The highest BCUT2D eigenvalue weighted by molar-refractivity contribution is 9.10. The Labute approximate surface area is 151 Å². The predicted molar refractivity (Wildman–Crippen MR) is 99.4 cm³/mol. The molecule has 0 spiro atoms. The number of ether oxygens (including phenoxy) is 1. The normalized spacial score (nSPS) is 25.5. The van der Waals surface area contributed by atoms with E-state index in [4.69, 9.17) is 4.74 Å². The van der Waals surface area contributed by atoms with Gasteiger partial charge in [0.15, 0.2) is 0 Å². The molecule has 1 fully saturated rings. The summed E-state index contributed by atoms with van der Waals surface area (Å²) in [5, 5.41) is 13.5. The maximum absolute atomic E-state index is 9.80. The third-order valence-electron chi connectivity index (χ3n) is 5.27. The maximum atomic E-state index is 9.80. The average Bonchev–Trinajstić information content (AvgIpc) is 2.63. The Hall–Kier alpha value is -1.52. The van der Waals surface area contributed by atoms with Gasteiger partial charge in [0.05, 0.1) is 16.6 Å². The Morgan fingerprint density at radius 2 is 2.12 bits per heavy atom. The minimum atomic E-state index is 0.152. The number of phenolic OH excluding ortho intramolecular Hbond substituents is 1. The van der Waals surface area contributed by atoms with Crippen LogP contribution >= 0.6 is 15.9 Å². The molecule has 0 bridgehead atoms. The number of rotatable bonds is 2. The van der Waals surface area contributed by atoms with E-state index in [9.17, 15) is 5.11 Å². The first-order valence-corrected chi connectivity index (χ1v) is 9.46. The fourth-order valence-electron chi connectivity index (χ4n) is 3.99. The molecule has 2 N–H and O–H groups in total. The van der Waals surface area contributed by atoms with Crippen LogP contribution in [0.25, 0.3) is 0 Å². The molecule has 1 saturated heterocycles. The number of nitrogens with one attached hydrogen (secondary N) is 1. The molecule has 2 aliphatic rings. The van der Waals surface area contributed by atoms with E-state index in [1.807, 2.05) is 12.1 Å². The van der Waals surface area contributed by atoms with Gasteiger partial charge in [0.2, 0.25) is 0 Å². The summed E-state index contributed by atoms with van der Waals surface area (Å²) in [6.45, 7) is 3.02. The van der Waals surface area contributed by atoms with Crippen LogP contribution in [0.3, 0.4) is 0 Å². The fourth-order valence-corrected chi connectivity index (χ4v) is 4.38. The summed E-state index contributed by atoms with van der Waals surface area (Å²) in [5.41, 5.74) is 5.01. The first kappa shape index (κ1) is 16.0. The van der Waals surface area contributed by atoms with Gasteiger partial charge in [0.1, 0.15) is 5.75 Å². The monoisotopic (exact) mass is 387 g/mol. The summed E-state index contributed by atoms with van der Waals surface area (Å²) in [7, 11) is 0. The zero-order valence-electron chi connectivity index (χ0n) is 13.8. The predicted octanol–water partition coefficient (Wildman–Crippen LogP) is 5.35. The SMILES string of the molecule is CCc1ccc2c(c1)[C@@H]1OCCC[C@@H]1[C@H](c1ccc(O)c(Br)c1)N2. The Kier molecular flexibility index (Phi) is 4.27. The van der Waals surface area contributed by atoms with Crippen LogP contribution in [0.1, 0.15) is 48.6 Å². The van der Waals surface area contributed by atoms with Gasteiger partial charge in [-0.1, -0.05) is 25.1 Å². The molecule has 0 unspecified atom stereocenters. The number of hydrogen-bond acceptors (Lipinski definition) is 3. The lowest BCUT2D eigenvalue weighted by Gasteiger charge is -2.43. The van der Waals surface area contributed by atoms with Crippen LogP contribution in [0.2, 0.25) is 0 Å². The van der Waals surface area contributed by atoms with Crippen molar-refractivity contribution in [3.05, 3.63) is 57.6 Å². The molecule has 0 aliphatic carbocycles. The highest BCUT2D eigenvalue weighted by Crippen LogP contribution is 2.49. The van der Waals surface area contributed by atoms with Gasteiger partial charge in [0.25, 0.3) is 0 Å². The molecule has 0 radical (unpaired) electrons. The van der Waals surface area contributed by atoms with Crippen LogP contribution in [0.15, 0.2) is 40.9 Å². The van der Waals surface area contributed by atoms with E-state index in [0.29, 0.717) is 5.92 Å². The summed E-state index contributed by atoms with van der Waals surface area (Å²) in [6, 6.07) is 12.7. The maximum Gasteiger partial charge on any atom is 0.129 e. The van der Waals surface area contributed by atoms with E-state index < -0.39 is 0 Å². The van der Waals surface area contributed by atoms with E-state index in [2.05, 4.69) is 46.4 Å². The van der Waals surface area contributed by atoms with Crippen molar-refractivity contribution in [3.63, 3.8) is 0 Å². The average molecular weight is 388 g/mol. The first-order chi connectivity index (χ1) is 11.7. The molecule has 3 atom stereocenters. The Morgan fingerprint density at radius 3 is 2.92 bits per heavy atom. The van der Waals surface area contributed by atoms with E-state index in [1.165, 1.54) is 22.4 Å². The molecule has 2 aromatic carbocycles. The van der Waals surface area contributed by atoms with E-state index in [1.54, 1.807) is 6.07 Å². The number of fused-ring (bicyclic) bond motifs is 3. The number of halogens is 1. The standard InChI is InChI=1S/C20H22BrNO2/c1-2-12-5-7-17-15(10-12)20-14(4-3-9-24-20)19(22-17)13-6-8-18(23)16(21)11-13/h5-8,10-11,14,19-20,22-23H,2-4,9H2,1H3/t14-,19+,20-/m1/s1. The van der Waals surface area contributed by atoms with Crippen LogP contribution in [-0.4, -0.2) is 11.7 Å². The van der Waals surface area contributed by atoms with Gasteiger partial charge in [-0.25, -0.2) is 0 Å². The Balaban J connectivity index is 1.77. The van der Waals surface area contributed by atoms with Crippen LogP contribution in [0.4, 0.5) is 5.69 Å². The zero-order valence-corrected chi connectivity index (χ0v) is 15.3. The van der Waals surface area contributed by atoms with Crippen molar-refractivity contribution >= 4 is 21.6 Å². The van der Waals surface area contributed by atoms with Crippen molar-refractivity contribution in [2.75, 3.05) is 11.9 Å². The van der Waals surface area contributed by atoms with Crippen LogP contribution in [0.5, 0.6) is 5.75 Å². The van der Waals surface area contributed by atoms with Gasteiger partial charge in [-0.05, 0) is 64.5 Å². The topological polar surface area (TPSA) is 41.5 Å². The van der Waals surface area contributed by atoms with Gasteiger partial charge in [-0.15, -0.1) is 0 Å². The van der Waals surface area contributed by atoms with Crippen molar-refractivity contribution in [3.8, 4) is 5.75 Å². The van der Waals surface area contributed by atoms with Crippen LogP contribution < -0.4 is 5.32 Å². The third kappa shape index (κ3) is 2.72. The largest absolute Gasteiger partial charge is 0.507 e. The van der Waals surface area contributed by atoms with Crippen molar-refractivity contribution in [2.24, 2.45) is 5.92 Å². The second-order valence-corrected chi connectivity index (χ2v) is 7.56. The molecule has 4 heteroatoms. The number of phenols is 1. The Bertz CT molecular complexity index is 761. The lowest BCUT2D eigenvalue weighted by Crippen LogP contribution is -2.36. The molecular weight excluding hydrogens is 366 g/mol. The highest BCUT2D eigenvalue weighted by Gasteiger charge is 2.39. The first-order valence-electron chi connectivity index (χ1n) is 8.66. The lowest BCUT2D eigenvalue weighted by atomic mass is 9.77. The molecule has 24 heavy (non-hydrogen) atoms. The van der Waals surface area contributed by atoms with Crippen molar-refractivity contribution < 1.29 is 9.84 Å². The molecule has 3 nitrogen and oxygen atoms in total. The summed E-state index contributed by atoms with van der Waals surface area (Å²) in [6.07, 6.45) is 3.44. The highest BCUT2D eigenvalue weighted by atomic mass is 79.9. The molecule has 0 saturated carbocycles. The smallest absolute Gasteiger partial charge is 0.129 e. The molecule has 0 amide bonds. The number of aromatic hydroxyl groups is 1. The van der Waals surface area contributed by atoms with Gasteiger partial charge < -0.3 is 15.2 Å². The van der Waals surface area contributed by atoms with Crippen LogP contribution in [-0.2, 0) is 11.2 Å². The quantitative estimate of drug-likeness (QED) is 0.729. The Morgan fingerprint density at radius 1 is 1.25 bits per heavy atom. The summed E-state index contributed by atoms with van der Waals surface area (Å²) >= 11 is 3.44. The van der Waals surface area contributed by atoms with Gasteiger partial charge in [-0.3, -0.25) is 0 Å². The van der Waals surface area contributed by atoms with Gasteiger partial charge >= 0.3 is 0 Å². The lowest BCUT2D eigenvalue weighted by molar-refractivity contribution is -0.0381. The number of aryl methyl sites for hydroxylation is 1. The van der Waals surface area contributed by atoms with E-state index in [0.717, 1.165) is 30.3 Å². The molecule has 2 aromatic rings. The fraction of sp³-hybridized carbons (Fsp3) is 0.400. The number of hydrogen-bond donors (Lipinski definition) is 2. The third-order valence-corrected chi connectivity index (χ3v) is 5.90. The summed E-state index contributed by atoms with van der Waals surface area (Å²) < 4.78 is 6.95. The second-order valence-electron chi connectivity index (χ2n) is 6.71. The zero-order chi connectivity index (χ0) is 16.7. The van der Waals surface area contributed by atoms with Crippen LogP contribution in [0, 0.1) is 5.92 Å². The molecule has 2 aliphatic heterocycles. The van der Waals surface area contributed by atoms with Crippen molar-refractivity contribution in [1.82, 2.24) is 0 Å². The minimum absolute atomic E-state index is 0.152.